The van der Waals surface area contributed by atoms with E-state index in [2.05, 4.69) is 16.9 Å². The third-order valence-electron chi connectivity index (χ3n) is 3.35. The first-order chi connectivity index (χ1) is 7.68. The van der Waals surface area contributed by atoms with Crippen LogP contribution in [0.15, 0.2) is 24.3 Å². The van der Waals surface area contributed by atoms with Crippen molar-refractivity contribution in [2.75, 3.05) is 12.3 Å². The molecule has 1 fully saturated rings. The van der Waals surface area contributed by atoms with Crippen molar-refractivity contribution >= 4 is 12.7 Å². The molecule has 0 amide bonds. The average molecular weight is 218 g/mol. The Morgan fingerprint density at radius 1 is 1.31 bits per heavy atom. The first kappa shape index (κ1) is 11.5. The SMILES string of the molecule is CB(O)N1CCCCC1c1ccc(N)cc1. The van der Waals surface area contributed by atoms with Crippen molar-refractivity contribution in [2.45, 2.75) is 32.1 Å². The number of benzene rings is 1. The Hall–Kier alpha value is -0.995. The lowest BCUT2D eigenvalue weighted by molar-refractivity contribution is 0.227. The lowest BCUT2D eigenvalue weighted by atomic mass is 9.78. The van der Waals surface area contributed by atoms with E-state index < -0.39 is 0 Å². The Kier molecular flexibility index (Phi) is 3.51. The first-order valence-corrected chi connectivity index (χ1v) is 5.98. The maximum Gasteiger partial charge on any atom is 0.376 e. The molecule has 0 saturated carbocycles. The number of hydrogen-bond acceptors (Lipinski definition) is 3. The van der Waals surface area contributed by atoms with Gasteiger partial charge in [0.2, 0.25) is 0 Å². The van der Waals surface area contributed by atoms with Gasteiger partial charge in [-0.25, -0.2) is 0 Å². The third-order valence-corrected chi connectivity index (χ3v) is 3.35. The van der Waals surface area contributed by atoms with Crippen LogP contribution in [0.3, 0.4) is 0 Å². The second-order valence-electron chi connectivity index (χ2n) is 4.55. The van der Waals surface area contributed by atoms with E-state index >= 15 is 0 Å². The summed E-state index contributed by atoms with van der Waals surface area (Å²) in [6, 6.07) is 8.35. The van der Waals surface area contributed by atoms with Crippen LogP contribution in [0.5, 0.6) is 0 Å². The molecule has 0 bridgehead atoms. The molecule has 0 spiro atoms. The molecule has 3 N–H and O–H groups in total. The molecule has 0 radical (unpaired) electrons. The van der Waals surface area contributed by atoms with Crippen molar-refractivity contribution in [3.8, 4) is 0 Å². The third kappa shape index (κ3) is 2.39. The van der Waals surface area contributed by atoms with E-state index in [9.17, 15) is 5.02 Å². The molecule has 0 aliphatic carbocycles. The monoisotopic (exact) mass is 218 g/mol. The fourth-order valence-electron chi connectivity index (χ4n) is 2.48. The molecular formula is C12H19BN2O. The summed E-state index contributed by atoms with van der Waals surface area (Å²) >= 11 is 0. The van der Waals surface area contributed by atoms with Crippen LogP contribution in [0.4, 0.5) is 5.69 Å². The molecule has 1 atom stereocenters. The molecule has 1 aliphatic heterocycles. The second-order valence-corrected chi connectivity index (χ2v) is 4.55. The average Bonchev–Trinajstić information content (AvgIpc) is 2.30. The Labute approximate surface area is 97.4 Å². The van der Waals surface area contributed by atoms with Crippen LogP contribution in [0.1, 0.15) is 30.9 Å². The van der Waals surface area contributed by atoms with Gasteiger partial charge in [0.25, 0.3) is 0 Å². The first-order valence-electron chi connectivity index (χ1n) is 5.98. The minimum Gasteiger partial charge on any atom is -0.437 e. The van der Waals surface area contributed by atoms with Crippen molar-refractivity contribution in [3.05, 3.63) is 29.8 Å². The highest BCUT2D eigenvalue weighted by atomic mass is 16.2. The molecule has 4 heteroatoms. The Morgan fingerprint density at radius 2 is 2.00 bits per heavy atom. The van der Waals surface area contributed by atoms with E-state index in [1.807, 2.05) is 19.0 Å². The fraction of sp³-hybridized carbons (Fsp3) is 0.500. The number of hydrogen-bond donors (Lipinski definition) is 2. The van der Waals surface area contributed by atoms with Gasteiger partial charge in [0, 0.05) is 11.7 Å². The maximum absolute atomic E-state index is 9.76. The number of anilines is 1. The quantitative estimate of drug-likeness (QED) is 0.588. The summed E-state index contributed by atoms with van der Waals surface area (Å²) < 4.78 is 0. The van der Waals surface area contributed by atoms with E-state index in [1.54, 1.807) is 0 Å². The topological polar surface area (TPSA) is 49.5 Å². The van der Waals surface area contributed by atoms with Crippen molar-refractivity contribution in [2.24, 2.45) is 0 Å². The smallest absolute Gasteiger partial charge is 0.376 e. The van der Waals surface area contributed by atoms with Crippen molar-refractivity contribution in [1.29, 1.82) is 0 Å². The van der Waals surface area contributed by atoms with Crippen LogP contribution in [0.2, 0.25) is 6.82 Å². The second kappa shape index (κ2) is 4.89. The van der Waals surface area contributed by atoms with Crippen LogP contribution in [0, 0.1) is 0 Å². The summed E-state index contributed by atoms with van der Waals surface area (Å²) in [6.45, 7) is 2.82. The zero-order chi connectivity index (χ0) is 11.5. The summed E-state index contributed by atoms with van der Waals surface area (Å²) in [4.78, 5) is 2.16. The van der Waals surface area contributed by atoms with E-state index in [4.69, 9.17) is 5.73 Å². The predicted molar refractivity (Wildman–Crippen MR) is 68.0 cm³/mol. The van der Waals surface area contributed by atoms with E-state index in [0.717, 1.165) is 18.7 Å². The van der Waals surface area contributed by atoms with Crippen molar-refractivity contribution in [3.63, 3.8) is 0 Å². The molecule has 3 nitrogen and oxygen atoms in total. The van der Waals surface area contributed by atoms with Crippen LogP contribution < -0.4 is 5.73 Å². The largest absolute Gasteiger partial charge is 0.437 e. The van der Waals surface area contributed by atoms with Gasteiger partial charge in [0.05, 0.1) is 0 Å². The number of nitrogen functional groups attached to an aromatic ring is 1. The summed E-state index contributed by atoms with van der Waals surface area (Å²) in [5.74, 6) is 0. The minimum atomic E-state index is -0.372. The molecule has 0 aromatic heterocycles. The number of piperidine rings is 1. The van der Waals surface area contributed by atoms with E-state index in [0.29, 0.717) is 6.04 Å². The molecule has 1 unspecified atom stereocenters. The van der Waals surface area contributed by atoms with Crippen LogP contribution in [-0.2, 0) is 0 Å². The van der Waals surface area contributed by atoms with E-state index in [-0.39, 0.29) is 7.05 Å². The van der Waals surface area contributed by atoms with Gasteiger partial charge in [0.1, 0.15) is 0 Å². The zero-order valence-electron chi connectivity index (χ0n) is 9.76. The van der Waals surface area contributed by atoms with Gasteiger partial charge in [-0.3, -0.25) is 0 Å². The van der Waals surface area contributed by atoms with Crippen LogP contribution >= 0.6 is 0 Å². The number of nitrogens with two attached hydrogens (primary N) is 1. The minimum absolute atomic E-state index is 0.342. The highest BCUT2D eigenvalue weighted by Crippen LogP contribution is 2.31. The standard InChI is InChI=1S/C12H19BN2O/c1-13(16)15-9-3-2-4-12(15)10-5-7-11(14)8-6-10/h5-8,12,16H,2-4,9,14H2,1H3. The van der Waals surface area contributed by atoms with Crippen LogP contribution in [0.25, 0.3) is 0 Å². The Morgan fingerprint density at radius 3 is 2.62 bits per heavy atom. The van der Waals surface area contributed by atoms with Gasteiger partial charge in [-0.05, 0) is 43.9 Å². The van der Waals surface area contributed by atoms with Gasteiger partial charge in [-0.1, -0.05) is 18.6 Å². The summed E-state index contributed by atoms with van der Waals surface area (Å²) in [6.07, 6.45) is 3.53. The molecule has 1 aliphatic rings. The molecule has 2 rings (SSSR count). The number of rotatable bonds is 2. The van der Waals surface area contributed by atoms with Gasteiger partial charge >= 0.3 is 7.05 Å². The Balaban J connectivity index is 2.19. The Bertz CT molecular complexity index is 339. The highest BCUT2D eigenvalue weighted by Gasteiger charge is 2.28. The van der Waals surface area contributed by atoms with Gasteiger partial charge in [-0.15, -0.1) is 0 Å². The normalized spacial score (nSPS) is 22.0. The van der Waals surface area contributed by atoms with Crippen molar-refractivity contribution in [1.82, 2.24) is 4.81 Å². The number of nitrogens with zero attached hydrogens (tertiary/aromatic N) is 1. The summed E-state index contributed by atoms with van der Waals surface area (Å²) in [5, 5.41) is 9.76. The van der Waals surface area contributed by atoms with Crippen LogP contribution in [-0.4, -0.2) is 23.4 Å². The zero-order valence-corrected chi connectivity index (χ0v) is 9.76. The van der Waals surface area contributed by atoms with Crippen molar-refractivity contribution < 1.29 is 5.02 Å². The lowest BCUT2D eigenvalue weighted by Crippen LogP contribution is -2.43. The molecule has 1 aromatic carbocycles. The van der Waals surface area contributed by atoms with E-state index in [1.165, 1.54) is 18.4 Å². The summed E-state index contributed by atoms with van der Waals surface area (Å²) in [7, 11) is -0.372. The summed E-state index contributed by atoms with van der Waals surface area (Å²) in [5.41, 5.74) is 7.74. The van der Waals surface area contributed by atoms with Gasteiger partial charge in [0.15, 0.2) is 0 Å². The fourth-order valence-corrected chi connectivity index (χ4v) is 2.48. The highest BCUT2D eigenvalue weighted by molar-refractivity contribution is 6.45. The molecule has 1 aromatic rings. The predicted octanol–water partition coefficient (Wildman–Crippen LogP) is 1.91. The molecular weight excluding hydrogens is 199 g/mol. The molecule has 1 saturated heterocycles. The van der Waals surface area contributed by atoms with Gasteiger partial charge < -0.3 is 15.6 Å². The lowest BCUT2D eigenvalue weighted by Gasteiger charge is -2.36. The molecule has 16 heavy (non-hydrogen) atoms. The maximum atomic E-state index is 9.76. The van der Waals surface area contributed by atoms with Gasteiger partial charge in [-0.2, -0.15) is 0 Å². The molecule has 1 heterocycles. The molecule has 86 valence electrons.